The summed E-state index contributed by atoms with van der Waals surface area (Å²) < 4.78 is 5.96. The van der Waals surface area contributed by atoms with Crippen LogP contribution in [0.2, 0.25) is 5.02 Å². The van der Waals surface area contributed by atoms with Gasteiger partial charge in [-0.2, -0.15) is 11.8 Å². The summed E-state index contributed by atoms with van der Waals surface area (Å²) in [5.41, 5.74) is 6.95. The molecular formula is C14H20ClNOS. The van der Waals surface area contributed by atoms with Crippen molar-refractivity contribution in [2.24, 2.45) is 5.73 Å². The van der Waals surface area contributed by atoms with Crippen LogP contribution in [0.3, 0.4) is 0 Å². The summed E-state index contributed by atoms with van der Waals surface area (Å²) in [6.07, 6.45) is 3.51. The van der Waals surface area contributed by atoms with E-state index in [1.807, 2.05) is 30.8 Å². The minimum absolute atomic E-state index is 0.155. The highest BCUT2D eigenvalue weighted by Crippen LogP contribution is 2.29. The molecule has 2 N–H and O–H groups in total. The van der Waals surface area contributed by atoms with E-state index in [4.69, 9.17) is 22.1 Å². The van der Waals surface area contributed by atoms with Gasteiger partial charge in [0.05, 0.1) is 5.02 Å². The average Bonchev–Trinajstić information content (AvgIpc) is 2.33. The molecule has 0 radical (unpaired) electrons. The third-order valence-electron chi connectivity index (χ3n) is 2.97. The normalized spacial score (nSPS) is 21.6. The first kappa shape index (κ1) is 14.0. The van der Waals surface area contributed by atoms with Crippen molar-refractivity contribution in [3.8, 4) is 5.75 Å². The standard InChI is InChI=1S/C14H20ClNOS/c1-10(16)7-11-4-5-14(13(15)8-11)17-12-3-2-6-18-9-12/h4-5,8,10,12H,2-3,6-7,9,16H2,1H3. The van der Waals surface area contributed by atoms with E-state index < -0.39 is 0 Å². The Kier molecular flexibility index (Phi) is 5.22. The third-order valence-corrected chi connectivity index (χ3v) is 4.45. The van der Waals surface area contributed by atoms with Gasteiger partial charge in [0, 0.05) is 11.8 Å². The zero-order valence-electron chi connectivity index (χ0n) is 10.7. The number of hydrogen-bond acceptors (Lipinski definition) is 3. The van der Waals surface area contributed by atoms with Crippen molar-refractivity contribution >= 4 is 23.4 Å². The van der Waals surface area contributed by atoms with Gasteiger partial charge in [0.25, 0.3) is 0 Å². The van der Waals surface area contributed by atoms with Crippen LogP contribution < -0.4 is 10.5 Å². The summed E-state index contributed by atoms with van der Waals surface area (Å²) in [6, 6.07) is 6.15. The molecule has 4 heteroatoms. The Morgan fingerprint density at radius 2 is 2.39 bits per heavy atom. The minimum Gasteiger partial charge on any atom is -0.488 e. The van der Waals surface area contributed by atoms with Gasteiger partial charge in [-0.3, -0.25) is 0 Å². The molecule has 0 bridgehead atoms. The molecule has 2 unspecified atom stereocenters. The van der Waals surface area contributed by atoms with Crippen LogP contribution in [0.15, 0.2) is 18.2 Å². The van der Waals surface area contributed by atoms with Gasteiger partial charge < -0.3 is 10.5 Å². The molecule has 1 aliphatic rings. The van der Waals surface area contributed by atoms with E-state index in [1.165, 1.54) is 17.7 Å². The maximum atomic E-state index is 6.26. The summed E-state index contributed by atoms with van der Waals surface area (Å²) in [5, 5.41) is 0.698. The van der Waals surface area contributed by atoms with E-state index in [0.717, 1.165) is 24.3 Å². The van der Waals surface area contributed by atoms with Crippen molar-refractivity contribution < 1.29 is 4.74 Å². The number of rotatable bonds is 4. The predicted octanol–water partition coefficient (Wildman–Crippen LogP) is 3.50. The maximum Gasteiger partial charge on any atom is 0.138 e. The number of benzene rings is 1. The lowest BCUT2D eigenvalue weighted by atomic mass is 10.1. The van der Waals surface area contributed by atoms with Gasteiger partial charge in [-0.1, -0.05) is 17.7 Å². The number of halogens is 1. The molecule has 1 aliphatic heterocycles. The maximum absolute atomic E-state index is 6.26. The molecule has 0 saturated carbocycles. The zero-order valence-corrected chi connectivity index (χ0v) is 12.3. The van der Waals surface area contributed by atoms with Gasteiger partial charge in [0.2, 0.25) is 0 Å². The quantitative estimate of drug-likeness (QED) is 0.919. The molecule has 2 atom stereocenters. The van der Waals surface area contributed by atoms with Crippen LogP contribution in [-0.2, 0) is 6.42 Å². The average molecular weight is 286 g/mol. The van der Waals surface area contributed by atoms with Crippen molar-refractivity contribution in [2.75, 3.05) is 11.5 Å². The molecule has 18 heavy (non-hydrogen) atoms. The molecule has 0 amide bonds. The lowest BCUT2D eigenvalue weighted by Gasteiger charge is -2.23. The van der Waals surface area contributed by atoms with Crippen molar-refractivity contribution in [2.45, 2.75) is 38.3 Å². The fraction of sp³-hybridized carbons (Fsp3) is 0.571. The smallest absolute Gasteiger partial charge is 0.138 e. The molecule has 1 heterocycles. The van der Waals surface area contributed by atoms with E-state index in [1.54, 1.807) is 0 Å². The summed E-state index contributed by atoms with van der Waals surface area (Å²) in [5.74, 6) is 3.12. The summed E-state index contributed by atoms with van der Waals surface area (Å²) in [4.78, 5) is 0. The Balaban J connectivity index is 2.00. The highest BCUT2D eigenvalue weighted by molar-refractivity contribution is 7.99. The molecule has 100 valence electrons. The highest BCUT2D eigenvalue weighted by atomic mass is 35.5. The molecule has 2 rings (SSSR count). The number of ether oxygens (including phenoxy) is 1. The lowest BCUT2D eigenvalue weighted by molar-refractivity contribution is 0.211. The van der Waals surface area contributed by atoms with Crippen LogP contribution in [0, 0.1) is 0 Å². The first-order valence-corrected chi connectivity index (χ1v) is 7.97. The van der Waals surface area contributed by atoms with Crippen molar-refractivity contribution in [3.63, 3.8) is 0 Å². The van der Waals surface area contributed by atoms with Crippen molar-refractivity contribution in [3.05, 3.63) is 28.8 Å². The van der Waals surface area contributed by atoms with Gasteiger partial charge >= 0.3 is 0 Å². The Bertz CT molecular complexity index is 391. The number of nitrogens with two attached hydrogens (primary N) is 1. The monoisotopic (exact) mass is 285 g/mol. The second kappa shape index (κ2) is 6.69. The van der Waals surface area contributed by atoms with Crippen molar-refractivity contribution in [1.82, 2.24) is 0 Å². The second-order valence-electron chi connectivity index (χ2n) is 4.90. The molecular weight excluding hydrogens is 266 g/mol. The summed E-state index contributed by atoms with van der Waals surface area (Å²) in [7, 11) is 0. The first-order valence-electron chi connectivity index (χ1n) is 6.43. The first-order chi connectivity index (χ1) is 8.65. The van der Waals surface area contributed by atoms with E-state index in [9.17, 15) is 0 Å². The van der Waals surface area contributed by atoms with Crippen LogP contribution >= 0.6 is 23.4 Å². The van der Waals surface area contributed by atoms with E-state index >= 15 is 0 Å². The number of thioether (sulfide) groups is 1. The summed E-state index contributed by atoms with van der Waals surface area (Å²) in [6.45, 7) is 2.00. The Morgan fingerprint density at radius 1 is 1.56 bits per heavy atom. The Morgan fingerprint density at radius 3 is 3.00 bits per heavy atom. The third kappa shape index (κ3) is 4.08. The number of hydrogen-bond donors (Lipinski definition) is 1. The molecule has 0 aliphatic carbocycles. The van der Waals surface area contributed by atoms with Gasteiger partial charge in [-0.05, 0) is 49.6 Å². The topological polar surface area (TPSA) is 35.2 Å². The highest BCUT2D eigenvalue weighted by Gasteiger charge is 2.16. The fourth-order valence-electron chi connectivity index (χ4n) is 2.12. The largest absolute Gasteiger partial charge is 0.488 e. The van der Waals surface area contributed by atoms with E-state index in [-0.39, 0.29) is 6.04 Å². The zero-order chi connectivity index (χ0) is 13.0. The molecule has 1 aromatic rings. The van der Waals surface area contributed by atoms with Crippen LogP contribution in [0.1, 0.15) is 25.3 Å². The van der Waals surface area contributed by atoms with E-state index in [0.29, 0.717) is 11.1 Å². The minimum atomic E-state index is 0.155. The molecule has 1 aromatic carbocycles. The van der Waals surface area contributed by atoms with Crippen LogP contribution in [0.4, 0.5) is 0 Å². The lowest BCUT2D eigenvalue weighted by Crippen LogP contribution is -2.23. The van der Waals surface area contributed by atoms with Crippen LogP contribution in [-0.4, -0.2) is 23.7 Å². The van der Waals surface area contributed by atoms with Crippen molar-refractivity contribution in [1.29, 1.82) is 0 Å². The molecule has 2 nitrogen and oxygen atoms in total. The molecule has 0 aromatic heterocycles. The van der Waals surface area contributed by atoms with Gasteiger partial charge in [0.15, 0.2) is 0 Å². The summed E-state index contributed by atoms with van der Waals surface area (Å²) >= 11 is 8.21. The Hall–Kier alpha value is -0.380. The van der Waals surface area contributed by atoms with Gasteiger partial charge in [0.1, 0.15) is 11.9 Å². The Labute approximate surface area is 118 Å². The predicted molar refractivity (Wildman–Crippen MR) is 79.8 cm³/mol. The van der Waals surface area contributed by atoms with Gasteiger partial charge in [-0.15, -0.1) is 0 Å². The van der Waals surface area contributed by atoms with Crippen LogP contribution in [0.5, 0.6) is 5.75 Å². The SMILES string of the molecule is CC(N)Cc1ccc(OC2CCCSC2)c(Cl)c1. The second-order valence-corrected chi connectivity index (χ2v) is 6.46. The molecule has 1 fully saturated rings. The molecule has 1 saturated heterocycles. The van der Waals surface area contributed by atoms with Crippen LogP contribution in [0.25, 0.3) is 0 Å². The van der Waals surface area contributed by atoms with E-state index in [2.05, 4.69) is 6.07 Å². The molecule has 0 spiro atoms. The van der Waals surface area contributed by atoms with Gasteiger partial charge in [-0.25, -0.2) is 0 Å². The fourth-order valence-corrected chi connectivity index (χ4v) is 3.41.